The van der Waals surface area contributed by atoms with Crippen molar-refractivity contribution < 1.29 is 13.2 Å². The first-order chi connectivity index (χ1) is 19.7. The molecule has 0 bridgehead atoms. The largest absolute Gasteiger partial charge is 0.416 e. The van der Waals surface area contributed by atoms with Crippen LogP contribution in [0.25, 0.3) is 35.1 Å². The van der Waals surface area contributed by atoms with E-state index in [2.05, 4.69) is 54.2 Å². The second-order valence-electron chi connectivity index (χ2n) is 9.54. The predicted molar refractivity (Wildman–Crippen MR) is 166 cm³/mol. The molecular formula is C32H19F3N2S4. The average Bonchev–Trinajstić information content (AvgIpc) is 3.72. The molecule has 2 aromatic carbocycles. The van der Waals surface area contributed by atoms with Crippen molar-refractivity contribution in [2.75, 3.05) is 0 Å². The Morgan fingerprint density at radius 1 is 0.756 bits per heavy atom. The lowest BCUT2D eigenvalue weighted by atomic mass is 10.1. The molecule has 202 valence electrons. The molecule has 0 amide bonds. The van der Waals surface area contributed by atoms with Gasteiger partial charge in [0, 0.05) is 51.5 Å². The van der Waals surface area contributed by atoms with Crippen molar-refractivity contribution in [3.05, 3.63) is 120 Å². The van der Waals surface area contributed by atoms with E-state index in [1.165, 1.54) is 43.3 Å². The molecule has 4 aromatic heterocycles. The summed E-state index contributed by atoms with van der Waals surface area (Å²) in [5.41, 5.74) is 3.56. The van der Waals surface area contributed by atoms with Crippen LogP contribution in [-0.2, 0) is 19.0 Å². The van der Waals surface area contributed by atoms with Crippen molar-refractivity contribution in [3.8, 4) is 27.0 Å². The summed E-state index contributed by atoms with van der Waals surface area (Å²) < 4.78 is 41.2. The van der Waals surface area contributed by atoms with Crippen molar-refractivity contribution in [1.29, 1.82) is 5.26 Å². The van der Waals surface area contributed by atoms with Gasteiger partial charge in [0.05, 0.1) is 17.7 Å². The van der Waals surface area contributed by atoms with E-state index < -0.39 is 11.7 Å². The summed E-state index contributed by atoms with van der Waals surface area (Å²) in [5, 5.41) is 9.74. The van der Waals surface area contributed by atoms with Crippen LogP contribution in [-0.4, -0.2) is 0 Å². The number of rotatable bonds is 6. The highest BCUT2D eigenvalue weighted by atomic mass is 32.1. The number of benzene rings is 2. The zero-order valence-corrected chi connectivity index (χ0v) is 24.8. The molecule has 0 aliphatic rings. The van der Waals surface area contributed by atoms with Gasteiger partial charge >= 0.3 is 6.18 Å². The molecule has 0 aliphatic carbocycles. The van der Waals surface area contributed by atoms with Gasteiger partial charge in [0.1, 0.15) is 6.07 Å². The minimum atomic E-state index is -4.38. The van der Waals surface area contributed by atoms with Crippen LogP contribution >= 0.6 is 45.3 Å². The zero-order chi connectivity index (χ0) is 28.7. The van der Waals surface area contributed by atoms with Crippen LogP contribution in [0.1, 0.15) is 36.2 Å². The van der Waals surface area contributed by atoms with E-state index in [1.807, 2.05) is 6.07 Å². The lowest BCUT2D eigenvalue weighted by Crippen LogP contribution is -2.03. The number of thiophene rings is 4. The van der Waals surface area contributed by atoms with Crippen LogP contribution in [0.2, 0.25) is 0 Å². The van der Waals surface area contributed by atoms with Gasteiger partial charge in [0.25, 0.3) is 0 Å². The van der Waals surface area contributed by atoms with Gasteiger partial charge < -0.3 is 0 Å². The third-order valence-corrected chi connectivity index (χ3v) is 11.3. The molecule has 9 heteroatoms. The monoisotopic (exact) mass is 616 g/mol. The second-order valence-corrected chi connectivity index (χ2v) is 14.1. The number of fused-ring (bicyclic) bond motifs is 1. The molecule has 0 atom stereocenters. The lowest BCUT2D eigenvalue weighted by molar-refractivity contribution is -0.137. The first-order valence-electron chi connectivity index (χ1n) is 12.5. The quantitative estimate of drug-likeness (QED) is 0.171. The molecule has 41 heavy (non-hydrogen) atoms. The standard InChI is InChI=1S/C32H19F3N2S4/c1-18-3-5-19(6-4-18)26-11-21(17-36)27(40-26)12-23-14-30-31(38-23)15-24(39-30)13-29-25(37-2)16-28(41-29)20-7-9-22(10-8-20)32(33,34)35/h3-11,14-16H,12-13H2,1H3. The van der Waals surface area contributed by atoms with Gasteiger partial charge in [0.15, 0.2) is 0 Å². The number of nitriles is 1. The average molecular weight is 617 g/mol. The maximum atomic E-state index is 12.9. The van der Waals surface area contributed by atoms with Gasteiger partial charge in [-0.2, -0.15) is 29.8 Å². The SMILES string of the molecule is [C-]#[N+]c1cc(-c2ccc(C(F)(F)F)cc2)sc1Cc1cc2sc(Cc3sc(-c4ccc(C)cc4)cc3C#N)cc2s1. The zero-order valence-electron chi connectivity index (χ0n) is 21.5. The van der Waals surface area contributed by atoms with Crippen molar-refractivity contribution in [2.45, 2.75) is 25.9 Å². The molecule has 0 saturated heterocycles. The van der Waals surface area contributed by atoms with E-state index in [4.69, 9.17) is 6.57 Å². The minimum absolute atomic E-state index is 0.536. The minimum Gasteiger partial charge on any atom is -0.237 e. The first-order valence-corrected chi connectivity index (χ1v) is 15.8. The Labute approximate surface area is 251 Å². The van der Waals surface area contributed by atoms with Crippen molar-refractivity contribution in [2.24, 2.45) is 0 Å². The van der Waals surface area contributed by atoms with Gasteiger partial charge in [-0.05, 0) is 54.4 Å². The first kappa shape index (κ1) is 27.4. The van der Waals surface area contributed by atoms with E-state index in [1.54, 1.807) is 40.1 Å². The number of aryl methyl sites for hydroxylation is 1. The van der Waals surface area contributed by atoms with Crippen LogP contribution in [0.4, 0.5) is 18.9 Å². The molecule has 0 fully saturated rings. The Kier molecular flexibility index (Phi) is 7.31. The fourth-order valence-corrected chi connectivity index (χ4v) is 9.47. The molecule has 6 rings (SSSR count). The Morgan fingerprint density at radius 2 is 1.29 bits per heavy atom. The molecule has 0 saturated carbocycles. The molecule has 0 radical (unpaired) electrons. The van der Waals surface area contributed by atoms with E-state index in [9.17, 15) is 18.4 Å². The summed E-state index contributed by atoms with van der Waals surface area (Å²) in [7, 11) is 0. The van der Waals surface area contributed by atoms with E-state index >= 15 is 0 Å². The summed E-state index contributed by atoms with van der Waals surface area (Å²) in [6, 6.07) is 23.9. The van der Waals surface area contributed by atoms with Crippen LogP contribution in [0.15, 0.2) is 72.8 Å². The molecule has 0 spiro atoms. The lowest BCUT2D eigenvalue weighted by Gasteiger charge is -2.06. The fourth-order valence-electron chi connectivity index (χ4n) is 4.55. The molecule has 0 unspecified atom stereocenters. The summed E-state index contributed by atoms with van der Waals surface area (Å²) in [6.45, 7) is 9.68. The van der Waals surface area contributed by atoms with Crippen molar-refractivity contribution in [1.82, 2.24) is 0 Å². The summed E-state index contributed by atoms with van der Waals surface area (Å²) in [6.07, 6.45) is -3.06. The summed E-state index contributed by atoms with van der Waals surface area (Å²) in [5.74, 6) is 0. The van der Waals surface area contributed by atoms with Crippen LogP contribution in [0, 0.1) is 24.8 Å². The Balaban J connectivity index is 1.20. The maximum absolute atomic E-state index is 12.9. The molecule has 0 aliphatic heterocycles. The van der Waals surface area contributed by atoms with Gasteiger partial charge in [-0.1, -0.05) is 42.0 Å². The van der Waals surface area contributed by atoms with E-state index in [-0.39, 0.29) is 0 Å². The molecular weight excluding hydrogens is 598 g/mol. The molecule has 6 aromatic rings. The molecule has 4 heterocycles. The maximum Gasteiger partial charge on any atom is 0.416 e. The third kappa shape index (κ3) is 5.72. The number of hydrogen-bond acceptors (Lipinski definition) is 5. The number of hydrogen-bond donors (Lipinski definition) is 0. The van der Waals surface area contributed by atoms with Crippen molar-refractivity contribution in [3.63, 3.8) is 0 Å². The number of halogens is 3. The highest BCUT2D eigenvalue weighted by Crippen LogP contribution is 2.42. The van der Waals surface area contributed by atoms with Crippen LogP contribution in [0.5, 0.6) is 0 Å². The predicted octanol–water partition coefficient (Wildman–Crippen LogP) is 11.4. The second kappa shape index (κ2) is 10.9. The van der Waals surface area contributed by atoms with Crippen molar-refractivity contribution >= 4 is 60.4 Å². The van der Waals surface area contributed by atoms with E-state index in [0.29, 0.717) is 24.1 Å². The highest BCUT2D eigenvalue weighted by Gasteiger charge is 2.30. The Morgan fingerprint density at radius 3 is 1.85 bits per heavy atom. The normalized spacial score (nSPS) is 11.6. The van der Waals surface area contributed by atoms with Crippen LogP contribution < -0.4 is 0 Å². The topological polar surface area (TPSA) is 28.1 Å². The third-order valence-electron chi connectivity index (χ3n) is 6.65. The molecule has 2 nitrogen and oxygen atoms in total. The Hall–Kier alpha value is -3.73. The fraction of sp³-hybridized carbons (Fsp3) is 0.125. The van der Waals surface area contributed by atoms with Crippen LogP contribution in [0.3, 0.4) is 0 Å². The summed E-state index contributed by atoms with van der Waals surface area (Å²) >= 11 is 6.54. The smallest absolute Gasteiger partial charge is 0.237 e. The van der Waals surface area contributed by atoms with E-state index in [0.717, 1.165) is 47.6 Å². The van der Waals surface area contributed by atoms with Gasteiger partial charge in [-0.15, -0.1) is 34.0 Å². The highest BCUT2D eigenvalue weighted by molar-refractivity contribution is 7.28. The van der Waals surface area contributed by atoms with Gasteiger partial charge in [0.2, 0.25) is 5.69 Å². The summed E-state index contributed by atoms with van der Waals surface area (Å²) in [4.78, 5) is 9.87. The van der Waals surface area contributed by atoms with Gasteiger partial charge in [-0.25, -0.2) is 4.85 Å². The van der Waals surface area contributed by atoms with Gasteiger partial charge in [-0.3, -0.25) is 0 Å². The Bertz CT molecular complexity index is 1920. The molecule has 0 N–H and O–H groups in total. The number of alkyl halides is 3. The number of nitrogens with zero attached hydrogens (tertiary/aromatic N) is 2.